The van der Waals surface area contributed by atoms with Gasteiger partial charge < -0.3 is 15.2 Å². The quantitative estimate of drug-likeness (QED) is 0.757. The van der Waals surface area contributed by atoms with Gasteiger partial charge in [-0.1, -0.05) is 23.8 Å². The van der Waals surface area contributed by atoms with Gasteiger partial charge in [-0.25, -0.2) is 0 Å². The summed E-state index contributed by atoms with van der Waals surface area (Å²) >= 11 is 0. The first-order valence-electron chi connectivity index (χ1n) is 6.17. The summed E-state index contributed by atoms with van der Waals surface area (Å²) in [5.41, 5.74) is 3.60. The Morgan fingerprint density at radius 2 is 2.29 bits per heavy atom. The molecule has 1 aliphatic carbocycles. The van der Waals surface area contributed by atoms with Gasteiger partial charge in [0.1, 0.15) is 0 Å². The Bertz CT molecular complexity index is 392. The first kappa shape index (κ1) is 12.6. The molecule has 0 amide bonds. The highest BCUT2D eigenvalue weighted by Gasteiger charge is 2.37. The molecule has 1 aliphatic rings. The maximum Gasteiger partial charge on any atom is 0.0675 e. The van der Waals surface area contributed by atoms with Crippen LogP contribution in [0.1, 0.15) is 23.1 Å². The summed E-state index contributed by atoms with van der Waals surface area (Å²) in [7, 11) is 1.69. The average Bonchev–Trinajstić information content (AvgIpc) is 2.69. The van der Waals surface area contributed by atoms with Crippen molar-refractivity contribution >= 4 is 0 Å². The number of aliphatic hydroxyl groups is 1. The van der Waals surface area contributed by atoms with Gasteiger partial charge in [-0.05, 0) is 30.9 Å². The Balaban J connectivity index is 2.23. The van der Waals surface area contributed by atoms with Crippen molar-refractivity contribution in [2.75, 3.05) is 26.9 Å². The van der Waals surface area contributed by atoms with Gasteiger partial charge in [0.15, 0.2) is 0 Å². The zero-order chi connectivity index (χ0) is 12.3. The van der Waals surface area contributed by atoms with E-state index >= 15 is 0 Å². The summed E-state index contributed by atoms with van der Waals surface area (Å²) in [6, 6.07) is 6.51. The fraction of sp³-hybridized carbons (Fsp3) is 0.571. The van der Waals surface area contributed by atoms with E-state index in [4.69, 9.17) is 4.74 Å². The normalized spacial score (nSPS) is 22.8. The molecule has 0 spiro atoms. The number of ether oxygens (including phenoxy) is 1. The number of aryl methyl sites for hydroxylation is 2. The number of fused-ring (bicyclic) bond motifs is 1. The first-order valence-corrected chi connectivity index (χ1v) is 6.17. The largest absolute Gasteiger partial charge is 0.394 e. The van der Waals surface area contributed by atoms with Crippen molar-refractivity contribution in [1.29, 1.82) is 0 Å². The van der Waals surface area contributed by atoms with Crippen molar-refractivity contribution in [2.45, 2.75) is 25.3 Å². The smallest absolute Gasteiger partial charge is 0.0675 e. The van der Waals surface area contributed by atoms with Gasteiger partial charge in [0.2, 0.25) is 0 Å². The molecule has 0 fully saturated rings. The molecule has 2 N–H and O–H groups in total. The van der Waals surface area contributed by atoms with Crippen LogP contribution in [0.25, 0.3) is 0 Å². The Labute approximate surface area is 103 Å². The van der Waals surface area contributed by atoms with E-state index in [2.05, 4.69) is 30.4 Å². The lowest BCUT2D eigenvalue weighted by molar-refractivity contribution is 0.137. The number of benzene rings is 1. The van der Waals surface area contributed by atoms with E-state index in [-0.39, 0.29) is 12.1 Å². The summed E-state index contributed by atoms with van der Waals surface area (Å²) in [5, 5.41) is 13.2. The number of aliphatic hydroxyl groups excluding tert-OH is 1. The Kier molecular flexibility index (Phi) is 3.82. The minimum absolute atomic E-state index is 0.146. The molecule has 17 heavy (non-hydrogen) atoms. The maximum absolute atomic E-state index is 9.75. The fourth-order valence-corrected chi connectivity index (χ4v) is 2.63. The van der Waals surface area contributed by atoms with Gasteiger partial charge in [-0.15, -0.1) is 0 Å². The van der Waals surface area contributed by atoms with Crippen molar-refractivity contribution in [3.05, 3.63) is 34.9 Å². The van der Waals surface area contributed by atoms with Crippen LogP contribution in [0.15, 0.2) is 18.2 Å². The molecule has 0 radical (unpaired) electrons. The van der Waals surface area contributed by atoms with Crippen LogP contribution in [0.5, 0.6) is 0 Å². The summed E-state index contributed by atoms with van der Waals surface area (Å²) in [6.45, 7) is 3.68. The van der Waals surface area contributed by atoms with Crippen molar-refractivity contribution in [3.8, 4) is 0 Å². The summed E-state index contributed by atoms with van der Waals surface area (Å²) in [4.78, 5) is 0. The minimum Gasteiger partial charge on any atom is -0.394 e. The lowest BCUT2D eigenvalue weighted by Gasteiger charge is -2.30. The molecule has 1 unspecified atom stereocenters. The molecule has 0 aliphatic heterocycles. The van der Waals surface area contributed by atoms with Crippen molar-refractivity contribution in [1.82, 2.24) is 5.32 Å². The van der Waals surface area contributed by atoms with Crippen LogP contribution in [-0.2, 0) is 16.7 Å². The highest BCUT2D eigenvalue weighted by atomic mass is 16.5. The van der Waals surface area contributed by atoms with Crippen LogP contribution in [0.3, 0.4) is 0 Å². The molecule has 1 atom stereocenters. The third-order valence-corrected chi connectivity index (χ3v) is 3.64. The lowest BCUT2D eigenvalue weighted by Crippen LogP contribution is -2.45. The van der Waals surface area contributed by atoms with Crippen LogP contribution in [0.2, 0.25) is 0 Å². The SMILES string of the molecule is COCCNC1(CO)CCc2ccc(C)cc21. The number of hydrogen-bond donors (Lipinski definition) is 2. The topological polar surface area (TPSA) is 41.5 Å². The number of nitrogens with one attached hydrogen (secondary N) is 1. The third-order valence-electron chi connectivity index (χ3n) is 3.64. The second-order valence-electron chi connectivity index (χ2n) is 4.82. The van der Waals surface area contributed by atoms with E-state index in [0.717, 1.165) is 19.4 Å². The van der Waals surface area contributed by atoms with Gasteiger partial charge in [-0.2, -0.15) is 0 Å². The van der Waals surface area contributed by atoms with Gasteiger partial charge in [0.25, 0.3) is 0 Å². The summed E-state index contributed by atoms with van der Waals surface area (Å²) in [5.74, 6) is 0. The molecule has 0 saturated heterocycles. The van der Waals surface area contributed by atoms with Gasteiger partial charge >= 0.3 is 0 Å². The van der Waals surface area contributed by atoms with Crippen LogP contribution < -0.4 is 5.32 Å². The monoisotopic (exact) mass is 235 g/mol. The van der Waals surface area contributed by atoms with Crippen molar-refractivity contribution in [2.24, 2.45) is 0 Å². The first-order chi connectivity index (χ1) is 8.22. The number of rotatable bonds is 5. The molecule has 2 rings (SSSR count). The summed E-state index contributed by atoms with van der Waals surface area (Å²) in [6.07, 6.45) is 2.00. The highest BCUT2D eigenvalue weighted by Crippen LogP contribution is 2.37. The average molecular weight is 235 g/mol. The molecule has 0 saturated carbocycles. The Morgan fingerprint density at radius 3 is 3.00 bits per heavy atom. The standard InChI is InChI=1S/C14H21NO2/c1-11-3-4-12-5-6-14(10-16,13(12)9-11)15-7-8-17-2/h3-4,9,15-16H,5-8,10H2,1-2H3. The van der Waals surface area contributed by atoms with Gasteiger partial charge in [-0.3, -0.25) is 0 Å². The van der Waals surface area contributed by atoms with E-state index in [1.54, 1.807) is 7.11 Å². The molecule has 0 aromatic heterocycles. The molecule has 94 valence electrons. The molecule has 1 aromatic carbocycles. The van der Waals surface area contributed by atoms with Gasteiger partial charge in [0.05, 0.1) is 18.8 Å². The molecule has 0 bridgehead atoms. The summed E-state index contributed by atoms with van der Waals surface area (Å²) < 4.78 is 5.06. The fourth-order valence-electron chi connectivity index (χ4n) is 2.63. The van der Waals surface area contributed by atoms with E-state index in [0.29, 0.717) is 6.61 Å². The van der Waals surface area contributed by atoms with Crippen molar-refractivity contribution < 1.29 is 9.84 Å². The zero-order valence-corrected chi connectivity index (χ0v) is 10.6. The predicted octanol–water partition coefficient (Wildman–Crippen LogP) is 1.36. The molecular formula is C14H21NO2. The van der Waals surface area contributed by atoms with Crippen molar-refractivity contribution in [3.63, 3.8) is 0 Å². The van der Waals surface area contributed by atoms with E-state index in [1.807, 2.05) is 0 Å². The molecule has 1 aromatic rings. The van der Waals surface area contributed by atoms with Crippen LogP contribution >= 0.6 is 0 Å². The second kappa shape index (κ2) is 5.17. The molecule has 3 nitrogen and oxygen atoms in total. The second-order valence-corrected chi connectivity index (χ2v) is 4.82. The maximum atomic E-state index is 9.75. The van der Waals surface area contributed by atoms with E-state index in [1.165, 1.54) is 16.7 Å². The number of methoxy groups -OCH3 is 1. The lowest BCUT2D eigenvalue weighted by atomic mass is 9.91. The molecule has 3 heteroatoms. The minimum atomic E-state index is -0.264. The van der Waals surface area contributed by atoms with Gasteiger partial charge in [0, 0.05) is 13.7 Å². The highest BCUT2D eigenvalue weighted by molar-refractivity contribution is 5.41. The molecule has 0 heterocycles. The van der Waals surface area contributed by atoms with E-state index < -0.39 is 0 Å². The van der Waals surface area contributed by atoms with Crippen LogP contribution in [0, 0.1) is 6.92 Å². The zero-order valence-electron chi connectivity index (χ0n) is 10.6. The number of hydrogen-bond acceptors (Lipinski definition) is 3. The van der Waals surface area contributed by atoms with Crippen LogP contribution in [-0.4, -0.2) is 32.0 Å². The third kappa shape index (κ3) is 2.37. The predicted molar refractivity (Wildman–Crippen MR) is 68.1 cm³/mol. The Morgan fingerprint density at radius 1 is 1.47 bits per heavy atom. The Hall–Kier alpha value is -0.900. The van der Waals surface area contributed by atoms with E-state index in [9.17, 15) is 5.11 Å². The van der Waals surface area contributed by atoms with Crippen LogP contribution in [0.4, 0.5) is 0 Å². The molecular weight excluding hydrogens is 214 g/mol.